The fraction of sp³-hybridized carbons (Fsp3) is 0.208. The molecule has 0 aromatic heterocycles. The Morgan fingerprint density at radius 2 is 1.03 bits per heavy atom. The molecule has 0 amide bonds. The van der Waals surface area contributed by atoms with E-state index in [1.54, 1.807) is 0 Å². The molecule has 12 heteroatoms. The number of rotatable bonds is 8. The van der Waals surface area contributed by atoms with E-state index < -0.39 is 47.7 Å². The van der Waals surface area contributed by atoms with E-state index in [1.807, 2.05) is 0 Å². The average Bonchev–Trinajstić information content (AvgIpc) is 3.31. The molecule has 0 saturated carbocycles. The topological polar surface area (TPSA) is 166 Å². The third-order valence-electron chi connectivity index (χ3n) is 5.18. The highest BCUT2D eigenvalue weighted by Gasteiger charge is 2.32. The standard InChI is InChI=1S/C24H16O12/c1-11(25)32-8-12(9-33-19(26)13-2-4-15-17(6-13)23(30)35-21(15)28)10-34-20(27)14-3-5-16-18(7-14)24(31)36-22(16)29/h2-7,12H,8-10H2,1H3. The Morgan fingerprint density at radius 3 is 1.44 bits per heavy atom. The molecule has 12 nitrogen and oxygen atoms in total. The van der Waals surface area contributed by atoms with Gasteiger partial charge >= 0.3 is 41.8 Å². The summed E-state index contributed by atoms with van der Waals surface area (Å²) in [4.78, 5) is 82.6. The maximum atomic E-state index is 12.5. The summed E-state index contributed by atoms with van der Waals surface area (Å²) in [5.74, 6) is -6.45. The second-order valence-electron chi connectivity index (χ2n) is 7.74. The van der Waals surface area contributed by atoms with Gasteiger partial charge in [0.25, 0.3) is 0 Å². The average molecular weight is 496 g/mol. The third-order valence-corrected chi connectivity index (χ3v) is 5.18. The SMILES string of the molecule is CC(=O)OCC(COC(=O)c1ccc2c(c1)C(=O)OC2=O)COC(=O)c1ccc2c(c1)C(=O)OC2=O. The van der Waals surface area contributed by atoms with E-state index in [-0.39, 0.29) is 53.2 Å². The number of benzene rings is 2. The molecule has 0 unspecified atom stereocenters. The second-order valence-corrected chi connectivity index (χ2v) is 7.74. The molecule has 0 atom stereocenters. The Hall–Kier alpha value is -4.87. The van der Waals surface area contributed by atoms with Crippen molar-refractivity contribution < 1.29 is 57.2 Å². The number of carbonyl (C=O) groups excluding carboxylic acids is 7. The van der Waals surface area contributed by atoms with Crippen LogP contribution in [-0.2, 0) is 28.5 Å². The van der Waals surface area contributed by atoms with E-state index in [9.17, 15) is 33.6 Å². The van der Waals surface area contributed by atoms with Gasteiger partial charge in [0.05, 0.1) is 39.3 Å². The fourth-order valence-corrected chi connectivity index (χ4v) is 3.36. The lowest BCUT2D eigenvalue weighted by Crippen LogP contribution is -2.26. The molecule has 2 heterocycles. The molecule has 0 N–H and O–H groups in total. The lowest BCUT2D eigenvalue weighted by Gasteiger charge is -2.17. The van der Waals surface area contributed by atoms with Gasteiger partial charge in [0.2, 0.25) is 0 Å². The van der Waals surface area contributed by atoms with Gasteiger partial charge in [0.1, 0.15) is 19.8 Å². The van der Waals surface area contributed by atoms with Crippen molar-refractivity contribution in [3.05, 3.63) is 69.8 Å². The van der Waals surface area contributed by atoms with Crippen LogP contribution in [0.25, 0.3) is 0 Å². The Labute approximate surface area is 202 Å². The lowest BCUT2D eigenvalue weighted by atomic mass is 10.1. The summed E-state index contributed by atoms with van der Waals surface area (Å²) < 4.78 is 24.3. The normalized spacial score (nSPS) is 13.6. The summed E-state index contributed by atoms with van der Waals surface area (Å²) in [6.07, 6.45) is 0. The molecule has 2 aliphatic rings. The molecule has 36 heavy (non-hydrogen) atoms. The zero-order valence-corrected chi connectivity index (χ0v) is 18.6. The van der Waals surface area contributed by atoms with Crippen LogP contribution in [0.1, 0.15) is 69.1 Å². The Balaban J connectivity index is 1.39. The van der Waals surface area contributed by atoms with Crippen LogP contribution in [0, 0.1) is 5.92 Å². The zero-order chi connectivity index (χ0) is 26.0. The van der Waals surface area contributed by atoms with Crippen molar-refractivity contribution in [3.63, 3.8) is 0 Å². The van der Waals surface area contributed by atoms with Gasteiger partial charge < -0.3 is 23.7 Å². The number of hydrogen-bond acceptors (Lipinski definition) is 12. The maximum Gasteiger partial charge on any atom is 0.346 e. The van der Waals surface area contributed by atoms with Crippen molar-refractivity contribution in [3.8, 4) is 0 Å². The minimum atomic E-state index is -0.881. The van der Waals surface area contributed by atoms with Crippen molar-refractivity contribution in [1.82, 2.24) is 0 Å². The van der Waals surface area contributed by atoms with Crippen LogP contribution >= 0.6 is 0 Å². The number of fused-ring (bicyclic) bond motifs is 2. The molecular formula is C24H16O12. The third kappa shape index (κ3) is 4.97. The van der Waals surface area contributed by atoms with Crippen LogP contribution in [0.3, 0.4) is 0 Å². The monoisotopic (exact) mass is 496 g/mol. The van der Waals surface area contributed by atoms with Crippen molar-refractivity contribution in [2.75, 3.05) is 19.8 Å². The molecule has 0 spiro atoms. The van der Waals surface area contributed by atoms with Crippen LogP contribution < -0.4 is 0 Å². The lowest BCUT2D eigenvalue weighted by molar-refractivity contribution is -0.143. The molecule has 2 aliphatic heterocycles. The fourth-order valence-electron chi connectivity index (χ4n) is 3.36. The molecular weight excluding hydrogens is 480 g/mol. The van der Waals surface area contributed by atoms with Crippen molar-refractivity contribution in [2.45, 2.75) is 6.92 Å². The van der Waals surface area contributed by atoms with Gasteiger partial charge in [-0.2, -0.15) is 0 Å². The molecule has 0 saturated heterocycles. The molecule has 0 radical (unpaired) electrons. The predicted octanol–water partition coefficient (Wildman–Crippen LogP) is 1.50. The highest BCUT2D eigenvalue weighted by Crippen LogP contribution is 2.23. The minimum Gasteiger partial charge on any atom is -0.465 e. The first-order chi connectivity index (χ1) is 17.1. The van der Waals surface area contributed by atoms with Gasteiger partial charge in [0.15, 0.2) is 0 Å². The van der Waals surface area contributed by atoms with Crippen LogP contribution in [-0.4, -0.2) is 61.6 Å². The van der Waals surface area contributed by atoms with Gasteiger partial charge in [-0.3, -0.25) is 4.79 Å². The number of ether oxygens (including phenoxy) is 5. The highest BCUT2D eigenvalue weighted by atomic mass is 16.6. The molecule has 184 valence electrons. The van der Waals surface area contributed by atoms with Crippen LogP contribution in [0.15, 0.2) is 36.4 Å². The van der Waals surface area contributed by atoms with Gasteiger partial charge in [-0.15, -0.1) is 0 Å². The van der Waals surface area contributed by atoms with E-state index in [0.717, 1.165) is 12.1 Å². The van der Waals surface area contributed by atoms with Gasteiger partial charge in [-0.05, 0) is 36.4 Å². The number of carbonyl (C=O) groups is 7. The Morgan fingerprint density at radius 1 is 0.639 bits per heavy atom. The van der Waals surface area contributed by atoms with Crippen molar-refractivity contribution in [2.24, 2.45) is 5.92 Å². The van der Waals surface area contributed by atoms with Crippen molar-refractivity contribution in [1.29, 1.82) is 0 Å². The first-order valence-electron chi connectivity index (χ1n) is 10.4. The number of esters is 7. The van der Waals surface area contributed by atoms with Crippen LogP contribution in [0.5, 0.6) is 0 Å². The molecule has 0 bridgehead atoms. The van der Waals surface area contributed by atoms with E-state index in [1.165, 1.54) is 31.2 Å². The molecule has 2 aromatic rings. The summed E-state index contributed by atoms with van der Waals surface area (Å²) in [7, 11) is 0. The minimum absolute atomic E-state index is 0.0248. The molecule has 4 rings (SSSR count). The number of hydrogen-bond donors (Lipinski definition) is 0. The molecule has 0 aliphatic carbocycles. The summed E-state index contributed by atoms with van der Waals surface area (Å²) in [5.41, 5.74) is -0.133. The summed E-state index contributed by atoms with van der Waals surface area (Å²) >= 11 is 0. The Kier molecular flexibility index (Phi) is 6.59. The van der Waals surface area contributed by atoms with E-state index >= 15 is 0 Å². The predicted molar refractivity (Wildman–Crippen MR) is 113 cm³/mol. The largest absolute Gasteiger partial charge is 0.465 e. The summed E-state index contributed by atoms with van der Waals surface area (Å²) in [6.45, 7) is 0.270. The highest BCUT2D eigenvalue weighted by molar-refractivity contribution is 6.16. The van der Waals surface area contributed by atoms with E-state index in [0.29, 0.717) is 0 Å². The van der Waals surface area contributed by atoms with Gasteiger partial charge in [-0.25, -0.2) is 28.8 Å². The van der Waals surface area contributed by atoms with E-state index in [4.69, 9.17) is 14.2 Å². The van der Waals surface area contributed by atoms with Gasteiger partial charge in [-0.1, -0.05) is 0 Å². The van der Waals surface area contributed by atoms with Crippen LogP contribution in [0.4, 0.5) is 0 Å². The van der Waals surface area contributed by atoms with E-state index in [2.05, 4.69) is 9.47 Å². The Bertz CT molecular complexity index is 1250. The first kappa shape index (κ1) is 24.3. The smallest absolute Gasteiger partial charge is 0.346 e. The first-order valence-corrected chi connectivity index (χ1v) is 10.4. The van der Waals surface area contributed by atoms with Crippen LogP contribution in [0.2, 0.25) is 0 Å². The van der Waals surface area contributed by atoms with Crippen molar-refractivity contribution >= 4 is 41.8 Å². The summed E-state index contributed by atoms with van der Waals surface area (Å²) in [5, 5.41) is 0. The molecule has 0 fully saturated rings. The maximum absolute atomic E-state index is 12.5. The summed E-state index contributed by atoms with van der Waals surface area (Å²) in [6, 6.07) is 7.41. The zero-order valence-electron chi connectivity index (χ0n) is 18.6. The quantitative estimate of drug-likeness (QED) is 0.294. The molecule has 2 aromatic carbocycles. The second kappa shape index (κ2) is 9.78. The number of cyclic esters (lactones) is 4. The van der Waals surface area contributed by atoms with Gasteiger partial charge in [0, 0.05) is 6.92 Å².